The van der Waals surface area contributed by atoms with Crippen LogP contribution in [-0.4, -0.2) is 62.8 Å². The first kappa shape index (κ1) is 13.6. The number of thioether (sulfide) groups is 1. The number of carbonyl (C=O) groups is 2. The molecule has 18 heavy (non-hydrogen) atoms. The number of rotatable bonds is 4. The average Bonchev–Trinajstić information content (AvgIpc) is 2.83. The second-order valence-corrected chi connectivity index (χ2v) is 6.35. The van der Waals surface area contributed by atoms with Gasteiger partial charge in [0.05, 0.1) is 17.6 Å². The molecule has 2 aliphatic heterocycles. The van der Waals surface area contributed by atoms with Gasteiger partial charge in [-0.1, -0.05) is 0 Å². The van der Waals surface area contributed by atoms with Gasteiger partial charge in [-0.25, -0.2) is 0 Å². The summed E-state index contributed by atoms with van der Waals surface area (Å²) in [5.74, 6) is 0.350. The van der Waals surface area contributed by atoms with Crippen LogP contribution in [0, 0.1) is 0 Å². The van der Waals surface area contributed by atoms with Gasteiger partial charge in [0.15, 0.2) is 0 Å². The molecule has 2 rings (SSSR count). The van der Waals surface area contributed by atoms with Crippen LogP contribution in [-0.2, 0) is 9.59 Å². The van der Waals surface area contributed by atoms with Gasteiger partial charge in [-0.15, -0.1) is 11.8 Å². The Morgan fingerprint density at radius 3 is 3.11 bits per heavy atom. The standard InChI is InChI=1S/C11H18N2O4S/c1-11-3-2-9(16)13(11)8(6-18-11)10(17)12-4-7(15)5-14/h7-8,14-15H,2-6H2,1H3,(H,12,17). The Labute approximate surface area is 110 Å². The first-order valence-electron chi connectivity index (χ1n) is 6.00. The number of fused-ring (bicyclic) bond motifs is 1. The maximum absolute atomic E-state index is 12.0. The molecule has 0 spiro atoms. The van der Waals surface area contributed by atoms with Crippen molar-refractivity contribution in [3.63, 3.8) is 0 Å². The van der Waals surface area contributed by atoms with E-state index >= 15 is 0 Å². The van der Waals surface area contributed by atoms with E-state index in [0.717, 1.165) is 6.42 Å². The van der Waals surface area contributed by atoms with Gasteiger partial charge >= 0.3 is 0 Å². The molecule has 3 unspecified atom stereocenters. The number of amides is 2. The Kier molecular flexibility index (Phi) is 3.84. The van der Waals surface area contributed by atoms with Crippen LogP contribution < -0.4 is 5.32 Å². The minimum absolute atomic E-state index is 0.00917. The summed E-state index contributed by atoms with van der Waals surface area (Å²) in [6, 6.07) is -0.458. The number of aliphatic hydroxyl groups excluding tert-OH is 2. The maximum Gasteiger partial charge on any atom is 0.243 e. The van der Waals surface area contributed by atoms with Gasteiger partial charge in [0.2, 0.25) is 11.8 Å². The van der Waals surface area contributed by atoms with Crippen LogP contribution in [0.4, 0.5) is 0 Å². The predicted octanol–water partition coefficient (Wildman–Crippen LogP) is -1.09. The summed E-state index contributed by atoms with van der Waals surface area (Å²) in [6.45, 7) is 1.60. The van der Waals surface area contributed by atoms with E-state index < -0.39 is 12.1 Å². The van der Waals surface area contributed by atoms with Crippen molar-refractivity contribution in [1.82, 2.24) is 10.2 Å². The smallest absolute Gasteiger partial charge is 0.243 e. The number of aliphatic hydroxyl groups is 2. The molecule has 7 heteroatoms. The van der Waals surface area contributed by atoms with Crippen LogP contribution in [0.2, 0.25) is 0 Å². The molecule has 0 bridgehead atoms. The van der Waals surface area contributed by atoms with E-state index in [0.29, 0.717) is 12.2 Å². The second-order valence-electron chi connectivity index (χ2n) is 4.85. The summed E-state index contributed by atoms with van der Waals surface area (Å²) < 4.78 is 0. The lowest BCUT2D eigenvalue weighted by Gasteiger charge is -2.30. The lowest BCUT2D eigenvalue weighted by Crippen LogP contribution is -2.51. The summed E-state index contributed by atoms with van der Waals surface area (Å²) >= 11 is 1.63. The van der Waals surface area contributed by atoms with Crippen molar-refractivity contribution < 1.29 is 19.8 Å². The van der Waals surface area contributed by atoms with Gasteiger partial charge in [-0.2, -0.15) is 0 Å². The summed E-state index contributed by atoms with van der Waals surface area (Å²) in [7, 11) is 0. The molecule has 0 aromatic rings. The quantitative estimate of drug-likeness (QED) is 0.606. The highest BCUT2D eigenvalue weighted by atomic mass is 32.2. The molecule has 2 amide bonds. The molecule has 0 radical (unpaired) electrons. The summed E-state index contributed by atoms with van der Waals surface area (Å²) in [5, 5.41) is 20.4. The van der Waals surface area contributed by atoms with Crippen molar-refractivity contribution in [2.45, 2.75) is 36.8 Å². The molecule has 0 saturated carbocycles. The van der Waals surface area contributed by atoms with Gasteiger partial charge < -0.3 is 20.4 Å². The first-order chi connectivity index (χ1) is 8.48. The zero-order valence-corrected chi connectivity index (χ0v) is 11.1. The monoisotopic (exact) mass is 274 g/mol. The Balaban J connectivity index is 1.97. The van der Waals surface area contributed by atoms with E-state index in [2.05, 4.69) is 5.32 Å². The Morgan fingerprint density at radius 2 is 2.44 bits per heavy atom. The molecule has 3 atom stereocenters. The van der Waals surface area contributed by atoms with E-state index in [1.807, 2.05) is 6.92 Å². The zero-order valence-electron chi connectivity index (χ0n) is 10.3. The van der Waals surface area contributed by atoms with Gasteiger partial charge in [0.25, 0.3) is 0 Å². The fourth-order valence-electron chi connectivity index (χ4n) is 2.42. The van der Waals surface area contributed by atoms with Gasteiger partial charge in [0, 0.05) is 18.7 Å². The Hall–Kier alpha value is -0.790. The molecule has 2 aliphatic rings. The van der Waals surface area contributed by atoms with Gasteiger partial charge in [-0.3, -0.25) is 9.59 Å². The molecular weight excluding hydrogens is 256 g/mol. The third kappa shape index (κ3) is 2.34. The maximum atomic E-state index is 12.0. The summed E-state index contributed by atoms with van der Waals surface area (Å²) in [4.78, 5) is 25.2. The van der Waals surface area contributed by atoms with Crippen molar-refractivity contribution in [1.29, 1.82) is 0 Å². The highest BCUT2D eigenvalue weighted by molar-refractivity contribution is 8.01. The van der Waals surface area contributed by atoms with E-state index in [-0.39, 0.29) is 29.8 Å². The van der Waals surface area contributed by atoms with Gasteiger partial charge in [0.1, 0.15) is 6.04 Å². The number of nitrogens with zero attached hydrogens (tertiary/aromatic N) is 1. The van der Waals surface area contributed by atoms with Crippen LogP contribution >= 0.6 is 11.8 Å². The van der Waals surface area contributed by atoms with Crippen LogP contribution in [0.1, 0.15) is 19.8 Å². The summed E-state index contributed by atoms with van der Waals surface area (Å²) in [5.41, 5.74) is 0. The second kappa shape index (κ2) is 5.07. The average molecular weight is 274 g/mol. The minimum atomic E-state index is -0.955. The van der Waals surface area contributed by atoms with E-state index in [1.54, 1.807) is 16.7 Å². The molecule has 2 heterocycles. The molecule has 0 aliphatic carbocycles. The van der Waals surface area contributed by atoms with Crippen LogP contribution in [0.25, 0.3) is 0 Å². The fourth-order valence-corrected chi connectivity index (χ4v) is 3.85. The van der Waals surface area contributed by atoms with Crippen molar-refractivity contribution in [3.05, 3.63) is 0 Å². The topological polar surface area (TPSA) is 89.9 Å². The lowest BCUT2D eigenvalue weighted by molar-refractivity contribution is -0.138. The number of carbonyl (C=O) groups excluding carboxylic acids is 2. The lowest BCUT2D eigenvalue weighted by atomic mass is 10.2. The fraction of sp³-hybridized carbons (Fsp3) is 0.818. The molecule has 3 N–H and O–H groups in total. The Morgan fingerprint density at radius 1 is 1.72 bits per heavy atom. The number of hydrogen-bond donors (Lipinski definition) is 3. The molecule has 102 valence electrons. The normalized spacial score (nSPS) is 32.5. The molecular formula is C11H18N2O4S. The van der Waals surface area contributed by atoms with Crippen molar-refractivity contribution >= 4 is 23.6 Å². The third-order valence-corrected chi connectivity index (χ3v) is 4.98. The third-order valence-electron chi connectivity index (χ3n) is 3.47. The highest BCUT2D eigenvalue weighted by Crippen LogP contribution is 2.47. The minimum Gasteiger partial charge on any atom is -0.394 e. The zero-order chi connectivity index (χ0) is 13.3. The number of hydrogen-bond acceptors (Lipinski definition) is 5. The SMILES string of the molecule is CC12CCC(=O)N1C(C(=O)NCC(O)CO)CS2. The van der Waals surface area contributed by atoms with Crippen LogP contribution in [0.3, 0.4) is 0 Å². The van der Waals surface area contributed by atoms with Crippen LogP contribution in [0.5, 0.6) is 0 Å². The molecule has 0 aromatic carbocycles. The molecule has 2 saturated heterocycles. The van der Waals surface area contributed by atoms with Crippen molar-refractivity contribution in [3.8, 4) is 0 Å². The van der Waals surface area contributed by atoms with E-state index in [1.165, 1.54) is 0 Å². The van der Waals surface area contributed by atoms with E-state index in [9.17, 15) is 14.7 Å². The summed E-state index contributed by atoms with van der Waals surface area (Å²) in [6.07, 6.45) is 0.315. The highest BCUT2D eigenvalue weighted by Gasteiger charge is 2.52. The molecule has 0 aromatic heterocycles. The number of nitrogens with one attached hydrogen (secondary N) is 1. The largest absolute Gasteiger partial charge is 0.394 e. The molecule has 2 fully saturated rings. The molecule has 6 nitrogen and oxygen atoms in total. The predicted molar refractivity (Wildman–Crippen MR) is 66.8 cm³/mol. The van der Waals surface area contributed by atoms with Crippen LogP contribution in [0.15, 0.2) is 0 Å². The first-order valence-corrected chi connectivity index (χ1v) is 6.99. The van der Waals surface area contributed by atoms with Crippen molar-refractivity contribution in [2.75, 3.05) is 18.9 Å². The van der Waals surface area contributed by atoms with E-state index in [4.69, 9.17) is 5.11 Å². The van der Waals surface area contributed by atoms with Gasteiger partial charge in [-0.05, 0) is 13.3 Å². The van der Waals surface area contributed by atoms with Crippen molar-refractivity contribution in [2.24, 2.45) is 0 Å². The Bertz CT molecular complexity index is 365.